The number of rotatable bonds is 4. The van der Waals surface area contributed by atoms with Gasteiger partial charge in [-0.15, -0.1) is 0 Å². The minimum absolute atomic E-state index is 0.138. The topological polar surface area (TPSA) is 42.0 Å². The zero-order chi connectivity index (χ0) is 20.4. The van der Waals surface area contributed by atoms with Gasteiger partial charge in [0.05, 0.1) is 21.7 Å². The smallest absolute Gasteiger partial charge is 0.301 e. The monoisotopic (exact) mass is 412 g/mol. The van der Waals surface area contributed by atoms with Crippen LogP contribution in [0.1, 0.15) is 22.6 Å². The van der Waals surface area contributed by atoms with Crippen LogP contribution in [0.25, 0.3) is 10.2 Å². The highest BCUT2D eigenvalue weighted by atomic mass is 32.1. The van der Waals surface area contributed by atoms with Gasteiger partial charge in [0.1, 0.15) is 0 Å². The molecule has 146 valence electrons. The van der Waals surface area contributed by atoms with Crippen molar-refractivity contribution in [3.63, 3.8) is 0 Å². The normalized spacial score (nSPS) is 11.7. The van der Waals surface area contributed by atoms with Gasteiger partial charge in [0.2, 0.25) is 5.91 Å². The number of fused-ring (bicyclic) bond motifs is 1. The SMILES string of the molecule is O=C(Nc1nc2c(C(F)(F)F)cccc2s1)C(c1ccccc1)c1ccccc1. The summed E-state index contributed by atoms with van der Waals surface area (Å²) < 4.78 is 40.1. The molecule has 3 nitrogen and oxygen atoms in total. The Balaban J connectivity index is 1.70. The van der Waals surface area contributed by atoms with Gasteiger partial charge in [-0.25, -0.2) is 4.98 Å². The van der Waals surface area contributed by atoms with Crippen LogP contribution >= 0.6 is 11.3 Å². The molecule has 0 aliphatic carbocycles. The number of hydrogen-bond donors (Lipinski definition) is 1. The summed E-state index contributed by atoms with van der Waals surface area (Å²) in [4.78, 5) is 17.2. The second kappa shape index (κ2) is 7.67. The highest BCUT2D eigenvalue weighted by Crippen LogP contribution is 2.38. The zero-order valence-corrected chi connectivity index (χ0v) is 15.8. The Morgan fingerprint density at radius 1 is 0.862 bits per heavy atom. The highest BCUT2D eigenvalue weighted by molar-refractivity contribution is 7.22. The minimum Gasteiger partial charge on any atom is -0.301 e. The number of anilines is 1. The Kier molecular flexibility index (Phi) is 5.07. The maximum atomic E-state index is 13.2. The van der Waals surface area contributed by atoms with Gasteiger partial charge in [0.15, 0.2) is 5.13 Å². The standard InChI is InChI=1S/C22H15F3N2OS/c23-22(24,25)16-12-7-13-17-19(16)26-21(29-17)27-20(28)18(14-8-3-1-4-9-14)15-10-5-2-6-11-15/h1-13,18H,(H,26,27,28). The fourth-order valence-corrected chi connectivity index (χ4v) is 4.09. The van der Waals surface area contributed by atoms with Crippen LogP contribution in [0.4, 0.5) is 18.3 Å². The van der Waals surface area contributed by atoms with Crippen molar-refractivity contribution in [2.24, 2.45) is 0 Å². The van der Waals surface area contributed by atoms with Crippen molar-refractivity contribution in [3.05, 3.63) is 95.6 Å². The molecule has 0 saturated heterocycles. The van der Waals surface area contributed by atoms with Crippen molar-refractivity contribution in [2.45, 2.75) is 12.1 Å². The van der Waals surface area contributed by atoms with E-state index in [2.05, 4.69) is 10.3 Å². The molecular weight excluding hydrogens is 397 g/mol. The summed E-state index contributed by atoms with van der Waals surface area (Å²) in [5.41, 5.74) is 0.604. The maximum absolute atomic E-state index is 13.2. The number of carbonyl (C=O) groups excluding carboxylic acids is 1. The van der Waals surface area contributed by atoms with Crippen LogP contribution in [0.15, 0.2) is 78.9 Å². The Labute approximate surface area is 168 Å². The number of hydrogen-bond acceptors (Lipinski definition) is 3. The number of alkyl halides is 3. The minimum atomic E-state index is -4.51. The van der Waals surface area contributed by atoms with Crippen LogP contribution in [-0.2, 0) is 11.0 Å². The lowest BCUT2D eigenvalue weighted by atomic mass is 9.90. The van der Waals surface area contributed by atoms with E-state index in [0.29, 0.717) is 4.70 Å². The van der Waals surface area contributed by atoms with Crippen molar-refractivity contribution in [2.75, 3.05) is 5.32 Å². The van der Waals surface area contributed by atoms with Crippen LogP contribution in [-0.4, -0.2) is 10.9 Å². The molecule has 7 heteroatoms. The Bertz CT molecular complexity index is 1100. The molecule has 0 spiro atoms. The van der Waals surface area contributed by atoms with Crippen molar-refractivity contribution in [3.8, 4) is 0 Å². The highest BCUT2D eigenvalue weighted by Gasteiger charge is 2.34. The van der Waals surface area contributed by atoms with E-state index in [1.165, 1.54) is 6.07 Å². The van der Waals surface area contributed by atoms with E-state index in [4.69, 9.17) is 0 Å². The molecule has 0 atom stereocenters. The molecule has 1 amide bonds. The third-order valence-electron chi connectivity index (χ3n) is 4.48. The first-order chi connectivity index (χ1) is 13.9. The zero-order valence-electron chi connectivity index (χ0n) is 15.0. The molecule has 29 heavy (non-hydrogen) atoms. The quantitative estimate of drug-likeness (QED) is 0.441. The molecule has 1 aromatic heterocycles. The van der Waals surface area contributed by atoms with Crippen LogP contribution in [0, 0.1) is 0 Å². The number of thiazole rings is 1. The Morgan fingerprint density at radius 3 is 2.00 bits per heavy atom. The maximum Gasteiger partial charge on any atom is 0.418 e. The first kappa shape index (κ1) is 19.1. The molecule has 0 unspecified atom stereocenters. The van der Waals surface area contributed by atoms with E-state index in [-0.39, 0.29) is 16.6 Å². The van der Waals surface area contributed by atoms with E-state index in [1.807, 2.05) is 60.7 Å². The summed E-state index contributed by atoms with van der Waals surface area (Å²) in [6.45, 7) is 0. The van der Waals surface area contributed by atoms with Gasteiger partial charge in [-0.1, -0.05) is 78.1 Å². The summed E-state index contributed by atoms with van der Waals surface area (Å²) in [5, 5.41) is 2.85. The van der Waals surface area contributed by atoms with E-state index in [0.717, 1.165) is 28.5 Å². The van der Waals surface area contributed by atoms with Gasteiger partial charge in [-0.2, -0.15) is 13.2 Å². The fraction of sp³-hybridized carbons (Fsp3) is 0.0909. The molecule has 0 radical (unpaired) electrons. The first-order valence-corrected chi connectivity index (χ1v) is 9.62. The summed E-state index contributed by atoms with van der Waals surface area (Å²) in [5.74, 6) is -0.957. The van der Waals surface area contributed by atoms with Gasteiger partial charge in [0.25, 0.3) is 0 Å². The first-order valence-electron chi connectivity index (χ1n) is 8.81. The molecule has 0 saturated carbocycles. The van der Waals surface area contributed by atoms with Crippen LogP contribution in [0.3, 0.4) is 0 Å². The summed E-state index contributed by atoms with van der Waals surface area (Å²) >= 11 is 1.02. The van der Waals surface area contributed by atoms with Gasteiger partial charge in [-0.05, 0) is 23.3 Å². The summed E-state index contributed by atoms with van der Waals surface area (Å²) in [7, 11) is 0. The average molecular weight is 412 g/mol. The van der Waals surface area contributed by atoms with Gasteiger partial charge >= 0.3 is 6.18 Å². The number of benzene rings is 3. The van der Waals surface area contributed by atoms with E-state index in [9.17, 15) is 18.0 Å². The largest absolute Gasteiger partial charge is 0.418 e. The van der Waals surface area contributed by atoms with Crippen molar-refractivity contribution in [1.82, 2.24) is 4.98 Å². The van der Waals surface area contributed by atoms with Crippen molar-refractivity contribution in [1.29, 1.82) is 0 Å². The van der Waals surface area contributed by atoms with E-state index >= 15 is 0 Å². The Morgan fingerprint density at radius 2 is 1.45 bits per heavy atom. The number of para-hydroxylation sites is 1. The molecule has 0 aliphatic heterocycles. The summed E-state index contributed by atoms with van der Waals surface area (Å²) in [6.07, 6.45) is -4.51. The lowest BCUT2D eigenvalue weighted by molar-refractivity contribution is -0.136. The number of aromatic nitrogens is 1. The number of amides is 1. The molecule has 0 fully saturated rings. The van der Waals surface area contributed by atoms with Crippen LogP contribution < -0.4 is 5.32 Å². The molecule has 0 bridgehead atoms. The average Bonchev–Trinajstić information content (AvgIpc) is 3.11. The molecule has 4 rings (SSSR count). The molecule has 3 aromatic carbocycles. The second-order valence-corrected chi connectivity index (χ2v) is 7.44. The molecule has 0 aliphatic rings. The molecule has 1 heterocycles. The molecule has 1 N–H and O–H groups in total. The van der Waals surface area contributed by atoms with E-state index in [1.54, 1.807) is 6.07 Å². The van der Waals surface area contributed by atoms with Gasteiger partial charge in [-0.3, -0.25) is 4.79 Å². The van der Waals surface area contributed by atoms with E-state index < -0.39 is 17.7 Å². The number of nitrogens with zero attached hydrogens (tertiary/aromatic N) is 1. The molecule has 4 aromatic rings. The third-order valence-corrected chi connectivity index (χ3v) is 5.42. The van der Waals surface area contributed by atoms with Crippen molar-refractivity contribution < 1.29 is 18.0 Å². The summed E-state index contributed by atoms with van der Waals surface area (Å²) in [6, 6.07) is 22.3. The van der Waals surface area contributed by atoms with Crippen molar-refractivity contribution >= 4 is 32.6 Å². The van der Waals surface area contributed by atoms with Crippen LogP contribution in [0.2, 0.25) is 0 Å². The molecular formula is C22H15F3N2OS. The second-order valence-electron chi connectivity index (χ2n) is 6.41. The number of carbonyl (C=O) groups is 1. The lowest BCUT2D eigenvalue weighted by Gasteiger charge is -2.17. The Hall–Kier alpha value is -3.19. The number of nitrogens with one attached hydrogen (secondary N) is 1. The van der Waals surface area contributed by atoms with Gasteiger partial charge in [0, 0.05) is 0 Å². The fourth-order valence-electron chi connectivity index (χ4n) is 3.19. The predicted octanol–water partition coefficient (Wildman–Crippen LogP) is 6.09. The third kappa shape index (κ3) is 4.00. The number of halogens is 3. The van der Waals surface area contributed by atoms with Crippen LogP contribution in [0.5, 0.6) is 0 Å². The predicted molar refractivity (Wildman–Crippen MR) is 108 cm³/mol. The van der Waals surface area contributed by atoms with Gasteiger partial charge < -0.3 is 5.32 Å². The lowest BCUT2D eigenvalue weighted by Crippen LogP contribution is -2.22.